The highest BCUT2D eigenvalue weighted by molar-refractivity contribution is 9.10. The van der Waals surface area contributed by atoms with E-state index in [1.807, 2.05) is 24.3 Å². The molecule has 170 valence electrons. The van der Waals surface area contributed by atoms with Crippen LogP contribution in [0.3, 0.4) is 0 Å². The van der Waals surface area contributed by atoms with E-state index < -0.39 is 32.6 Å². The maximum atomic E-state index is 14.8. The molecule has 1 aliphatic rings. The first-order chi connectivity index (χ1) is 15.8. The highest BCUT2D eigenvalue weighted by atomic mass is 79.9. The van der Waals surface area contributed by atoms with E-state index in [0.717, 1.165) is 28.6 Å². The van der Waals surface area contributed by atoms with Crippen molar-refractivity contribution >= 4 is 36.9 Å². The molecule has 1 aromatic heterocycles. The molecule has 4 aromatic rings. The molecule has 2 heterocycles. The number of halogens is 3. The smallest absolute Gasteiger partial charge is 0.247 e. The third kappa shape index (κ3) is 3.64. The number of H-pyrrole nitrogens is 1. The average Bonchev–Trinajstić information content (AvgIpc) is 3.19. The van der Waals surface area contributed by atoms with Gasteiger partial charge in [0, 0.05) is 23.1 Å². The van der Waals surface area contributed by atoms with E-state index in [0.29, 0.717) is 23.4 Å². The second-order valence-corrected chi connectivity index (χ2v) is 10.5. The van der Waals surface area contributed by atoms with Crippen LogP contribution in [0.25, 0.3) is 10.9 Å². The zero-order valence-corrected chi connectivity index (χ0v) is 19.9. The van der Waals surface area contributed by atoms with Crippen LogP contribution >= 0.6 is 15.9 Å². The van der Waals surface area contributed by atoms with Gasteiger partial charge >= 0.3 is 0 Å². The molecule has 33 heavy (non-hydrogen) atoms. The van der Waals surface area contributed by atoms with Crippen LogP contribution in [-0.4, -0.2) is 31.4 Å². The first-order valence-corrected chi connectivity index (χ1v) is 12.4. The fraction of sp³-hybridized carbons (Fsp3) is 0.167. The number of nitrogens with zero attached hydrogens (tertiary/aromatic N) is 1. The van der Waals surface area contributed by atoms with Gasteiger partial charge in [0.2, 0.25) is 10.0 Å². The molecule has 0 saturated carbocycles. The van der Waals surface area contributed by atoms with E-state index in [1.165, 1.54) is 11.4 Å². The van der Waals surface area contributed by atoms with Gasteiger partial charge in [0.15, 0.2) is 0 Å². The number of aromatic nitrogens is 1. The van der Waals surface area contributed by atoms with Crippen molar-refractivity contribution in [2.45, 2.75) is 17.4 Å². The third-order valence-corrected chi connectivity index (χ3v) is 8.45. The Balaban J connectivity index is 1.73. The van der Waals surface area contributed by atoms with Crippen molar-refractivity contribution in [1.82, 2.24) is 9.29 Å². The van der Waals surface area contributed by atoms with Crippen molar-refractivity contribution in [3.8, 4) is 5.75 Å². The zero-order chi connectivity index (χ0) is 23.3. The average molecular weight is 533 g/mol. The van der Waals surface area contributed by atoms with Crippen LogP contribution in [0.15, 0.2) is 70.0 Å². The van der Waals surface area contributed by atoms with Crippen molar-refractivity contribution in [2.75, 3.05) is 13.7 Å². The molecule has 1 atom stereocenters. The van der Waals surface area contributed by atoms with Crippen LogP contribution in [0.1, 0.15) is 22.9 Å². The third-order valence-electron chi connectivity index (χ3n) is 5.96. The highest BCUT2D eigenvalue weighted by Gasteiger charge is 2.40. The molecule has 0 bridgehead atoms. The van der Waals surface area contributed by atoms with E-state index in [4.69, 9.17) is 4.74 Å². The molecular weight excluding hydrogens is 514 g/mol. The summed E-state index contributed by atoms with van der Waals surface area (Å²) in [6.45, 7) is 0.107. The van der Waals surface area contributed by atoms with Crippen LogP contribution < -0.4 is 4.74 Å². The molecule has 3 aromatic carbocycles. The summed E-state index contributed by atoms with van der Waals surface area (Å²) in [4.78, 5) is 2.67. The van der Waals surface area contributed by atoms with Crippen molar-refractivity contribution in [1.29, 1.82) is 0 Å². The van der Waals surface area contributed by atoms with Crippen molar-refractivity contribution < 1.29 is 21.9 Å². The first-order valence-electron chi connectivity index (χ1n) is 10.2. The van der Waals surface area contributed by atoms with Gasteiger partial charge in [0.1, 0.15) is 22.3 Å². The van der Waals surface area contributed by atoms with Crippen LogP contribution in [0.5, 0.6) is 5.75 Å². The van der Waals surface area contributed by atoms with Gasteiger partial charge in [-0.05, 0) is 63.8 Å². The lowest BCUT2D eigenvalue weighted by molar-refractivity contribution is 0.337. The molecule has 0 amide bonds. The lowest BCUT2D eigenvalue weighted by Crippen LogP contribution is -2.41. The molecule has 0 radical (unpaired) electrons. The van der Waals surface area contributed by atoms with E-state index in [1.54, 1.807) is 24.3 Å². The Morgan fingerprint density at radius 1 is 1.06 bits per heavy atom. The molecule has 1 unspecified atom stereocenters. The number of hydrogen-bond acceptors (Lipinski definition) is 3. The van der Waals surface area contributed by atoms with Gasteiger partial charge in [-0.3, -0.25) is 0 Å². The molecule has 1 N–H and O–H groups in total. The second-order valence-electron chi connectivity index (χ2n) is 7.80. The van der Waals surface area contributed by atoms with Crippen molar-refractivity contribution in [3.63, 3.8) is 0 Å². The summed E-state index contributed by atoms with van der Waals surface area (Å²) < 4.78 is 62.8. The standard InChI is InChI=1S/C24H19BrF2N2O3S/c1-32-15-6-4-5-14(11-15)24-23-17(16-7-2-3-8-21(16)28-23)9-10-29(24)33(30,31)22-13-19(26)18(25)12-20(22)27/h2-8,11-13,24,28H,9-10H2,1H3. The molecule has 9 heteroatoms. The number of rotatable bonds is 4. The topological polar surface area (TPSA) is 62.4 Å². The van der Waals surface area contributed by atoms with Crippen LogP contribution in [0.2, 0.25) is 0 Å². The largest absolute Gasteiger partial charge is 0.497 e. The summed E-state index contributed by atoms with van der Waals surface area (Å²) >= 11 is 2.91. The number of methoxy groups -OCH3 is 1. The minimum Gasteiger partial charge on any atom is -0.497 e. The van der Waals surface area contributed by atoms with Gasteiger partial charge in [-0.15, -0.1) is 0 Å². The minimum atomic E-state index is -4.39. The van der Waals surface area contributed by atoms with Crippen LogP contribution in [0.4, 0.5) is 8.78 Å². The number of nitrogens with one attached hydrogen (secondary N) is 1. The Kier molecular flexibility index (Phi) is 5.50. The maximum absolute atomic E-state index is 14.8. The summed E-state index contributed by atoms with van der Waals surface area (Å²) in [5.41, 5.74) is 3.25. The zero-order valence-electron chi connectivity index (χ0n) is 17.5. The molecule has 0 aliphatic carbocycles. The number of hydrogen-bond donors (Lipinski definition) is 1. The lowest BCUT2D eigenvalue weighted by Gasteiger charge is -2.35. The number of para-hydroxylation sites is 1. The van der Waals surface area contributed by atoms with Crippen LogP contribution in [0, 0.1) is 11.6 Å². The molecular formula is C24H19BrF2N2O3S. The van der Waals surface area contributed by atoms with Gasteiger partial charge in [-0.25, -0.2) is 17.2 Å². The molecule has 0 saturated heterocycles. The van der Waals surface area contributed by atoms with Crippen molar-refractivity contribution in [3.05, 3.63) is 93.6 Å². The molecule has 5 nitrogen and oxygen atoms in total. The lowest BCUT2D eigenvalue weighted by atomic mass is 9.94. The summed E-state index contributed by atoms with van der Waals surface area (Å²) in [5.74, 6) is -1.31. The van der Waals surface area contributed by atoms with Crippen molar-refractivity contribution in [2.24, 2.45) is 0 Å². The van der Waals surface area contributed by atoms with Gasteiger partial charge in [0.25, 0.3) is 0 Å². The molecule has 1 aliphatic heterocycles. The monoisotopic (exact) mass is 532 g/mol. The Morgan fingerprint density at radius 2 is 1.85 bits per heavy atom. The predicted molar refractivity (Wildman–Crippen MR) is 125 cm³/mol. The Labute approximate surface area is 198 Å². The van der Waals surface area contributed by atoms with Gasteiger partial charge in [-0.1, -0.05) is 30.3 Å². The number of sulfonamides is 1. The van der Waals surface area contributed by atoms with Gasteiger partial charge < -0.3 is 9.72 Å². The molecule has 0 spiro atoms. The van der Waals surface area contributed by atoms with Crippen LogP contribution in [-0.2, 0) is 16.4 Å². The number of ether oxygens (including phenoxy) is 1. The van der Waals surface area contributed by atoms with E-state index in [2.05, 4.69) is 20.9 Å². The molecule has 5 rings (SSSR count). The number of benzene rings is 3. The fourth-order valence-corrected chi connectivity index (χ4v) is 6.41. The normalized spacial score (nSPS) is 16.7. The van der Waals surface area contributed by atoms with E-state index in [9.17, 15) is 17.2 Å². The maximum Gasteiger partial charge on any atom is 0.247 e. The summed E-state index contributed by atoms with van der Waals surface area (Å²) in [7, 11) is -2.86. The first kappa shape index (κ1) is 22.1. The number of aromatic amines is 1. The van der Waals surface area contributed by atoms with E-state index in [-0.39, 0.29) is 11.0 Å². The fourth-order valence-electron chi connectivity index (χ4n) is 4.45. The Hall–Kier alpha value is -2.75. The van der Waals surface area contributed by atoms with Gasteiger partial charge in [0.05, 0.1) is 17.6 Å². The Bertz CT molecular complexity index is 1490. The SMILES string of the molecule is COc1cccc(C2c3[nH]c4ccccc4c3CCN2S(=O)(=O)c2cc(F)c(Br)cc2F)c1. The Morgan fingerprint density at radius 3 is 2.64 bits per heavy atom. The number of fused-ring (bicyclic) bond motifs is 3. The summed E-state index contributed by atoms with van der Waals surface area (Å²) in [6.07, 6.45) is 0.430. The summed E-state index contributed by atoms with van der Waals surface area (Å²) in [5, 5.41) is 1.01. The highest BCUT2D eigenvalue weighted by Crippen LogP contribution is 2.42. The quantitative estimate of drug-likeness (QED) is 0.350. The van der Waals surface area contributed by atoms with Gasteiger partial charge in [-0.2, -0.15) is 4.31 Å². The minimum absolute atomic E-state index is 0.107. The second kappa shape index (κ2) is 8.23. The molecule has 0 fully saturated rings. The summed E-state index contributed by atoms with van der Waals surface area (Å²) in [6, 6.07) is 15.6. The predicted octanol–water partition coefficient (Wildman–Crippen LogP) is 5.55. The van der Waals surface area contributed by atoms with E-state index >= 15 is 0 Å².